The Balaban J connectivity index is 2.22. The van der Waals surface area contributed by atoms with E-state index in [0.717, 1.165) is 17.0 Å². The van der Waals surface area contributed by atoms with Gasteiger partial charge in [0.15, 0.2) is 0 Å². The first-order valence-electron chi connectivity index (χ1n) is 5.86. The second kappa shape index (κ2) is 5.15. The fourth-order valence-electron chi connectivity index (χ4n) is 2.08. The van der Waals surface area contributed by atoms with Crippen LogP contribution >= 0.6 is 0 Å². The van der Waals surface area contributed by atoms with Crippen molar-refractivity contribution in [2.75, 3.05) is 17.2 Å². The van der Waals surface area contributed by atoms with Crippen molar-refractivity contribution in [3.63, 3.8) is 0 Å². The third-order valence-corrected chi connectivity index (χ3v) is 3.00. The van der Waals surface area contributed by atoms with Gasteiger partial charge in [-0.3, -0.25) is 9.59 Å². The van der Waals surface area contributed by atoms with Gasteiger partial charge in [-0.05, 0) is 12.1 Å². The fraction of sp³-hybridized carbons (Fsp3) is 0.333. The number of carbonyl (C=O) groups is 2. The van der Waals surface area contributed by atoms with Gasteiger partial charge in [-0.1, -0.05) is 0 Å². The van der Waals surface area contributed by atoms with Gasteiger partial charge >= 0.3 is 12.3 Å². The van der Waals surface area contributed by atoms with Crippen molar-refractivity contribution in [1.29, 1.82) is 0 Å². The monoisotopic (exact) mass is 304 g/mol. The Hall–Kier alpha value is -2.45. The minimum Gasteiger partial charge on any atom is -0.481 e. The van der Waals surface area contributed by atoms with Crippen LogP contribution in [0.2, 0.25) is 0 Å². The van der Waals surface area contributed by atoms with Crippen LogP contribution in [-0.4, -0.2) is 29.9 Å². The van der Waals surface area contributed by atoms with E-state index in [0.29, 0.717) is 0 Å². The molecule has 1 aromatic carbocycles. The summed E-state index contributed by atoms with van der Waals surface area (Å²) in [6.07, 6.45) is -5.01. The number of amides is 1. The standard InChI is InChI=1S/C12H11F3N2O4/c13-12(14,15)21-7-1-2-9(8(16)4-7)17-5-6(11(19)20)3-10(17)18/h1-2,4,6H,3,5,16H2,(H,19,20). The average molecular weight is 304 g/mol. The number of nitrogens with zero attached hydrogens (tertiary/aromatic N) is 1. The third-order valence-electron chi connectivity index (χ3n) is 3.00. The smallest absolute Gasteiger partial charge is 0.481 e. The molecule has 9 heteroatoms. The van der Waals surface area contributed by atoms with E-state index in [9.17, 15) is 22.8 Å². The molecular formula is C12H11F3N2O4. The summed E-state index contributed by atoms with van der Waals surface area (Å²) in [4.78, 5) is 23.8. The summed E-state index contributed by atoms with van der Waals surface area (Å²) in [6.45, 7) is -0.0716. The molecule has 0 radical (unpaired) electrons. The number of alkyl halides is 3. The number of nitrogens with two attached hydrogens (primary N) is 1. The van der Waals surface area contributed by atoms with E-state index in [1.807, 2.05) is 0 Å². The van der Waals surface area contributed by atoms with Crippen LogP contribution in [0.15, 0.2) is 18.2 Å². The number of hydrogen-bond donors (Lipinski definition) is 2. The summed E-state index contributed by atoms with van der Waals surface area (Å²) in [5, 5.41) is 8.88. The number of carbonyl (C=O) groups excluding carboxylic acids is 1. The topological polar surface area (TPSA) is 92.9 Å². The number of benzene rings is 1. The quantitative estimate of drug-likeness (QED) is 0.827. The summed E-state index contributed by atoms with van der Waals surface area (Å²) in [5.41, 5.74) is 5.68. The Bertz CT molecular complexity index is 588. The fourth-order valence-corrected chi connectivity index (χ4v) is 2.08. The zero-order valence-electron chi connectivity index (χ0n) is 10.6. The zero-order valence-corrected chi connectivity index (χ0v) is 10.6. The molecule has 21 heavy (non-hydrogen) atoms. The van der Waals surface area contributed by atoms with Gasteiger partial charge in [-0.15, -0.1) is 13.2 Å². The van der Waals surface area contributed by atoms with E-state index in [2.05, 4.69) is 4.74 Å². The molecule has 1 aliphatic rings. The van der Waals surface area contributed by atoms with Gasteiger partial charge in [-0.2, -0.15) is 0 Å². The molecule has 0 aliphatic carbocycles. The van der Waals surface area contributed by atoms with Crippen LogP contribution in [0.4, 0.5) is 24.5 Å². The molecule has 1 amide bonds. The number of nitrogen functional groups attached to an aromatic ring is 1. The Morgan fingerprint density at radius 1 is 1.43 bits per heavy atom. The molecule has 114 valence electrons. The molecular weight excluding hydrogens is 293 g/mol. The molecule has 6 nitrogen and oxygen atoms in total. The number of anilines is 2. The van der Waals surface area contributed by atoms with E-state index in [-0.39, 0.29) is 24.3 Å². The zero-order chi connectivity index (χ0) is 15.8. The first-order chi connectivity index (χ1) is 9.67. The van der Waals surface area contributed by atoms with E-state index in [4.69, 9.17) is 10.8 Å². The predicted molar refractivity (Wildman–Crippen MR) is 65.6 cm³/mol. The lowest BCUT2D eigenvalue weighted by molar-refractivity contribution is -0.274. The van der Waals surface area contributed by atoms with E-state index in [1.54, 1.807) is 0 Å². The molecule has 0 bridgehead atoms. The molecule has 2 rings (SSSR count). The molecule has 1 fully saturated rings. The van der Waals surface area contributed by atoms with E-state index < -0.39 is 29.9 Å². The SMILES string of the molecule is Nc1cc(OC(F)(F)F)ccc1N1CC(C(=O)O)CC1=O. The van der Waals surface area contributed by atoms with Gasteiger partial charge in [0.25, 0.3) is 0 Å². The van der Waals surface area contributed by atoms with Crippen LogP contribution < -0.4 is 15.4 Å². The Morgan fingerprint density at radius 3 is 2.57 bits per heavy atom. The number of carboxylic acids is 1. The minimum absolute atomic E-state index is 0.0716. The first-order valence-corrected chi connectivity index (χ1v) is 5.86. The second-order valence-corrected chi connectivity index (χ2v) is 4.51. The lowest BCUT2D eigenvalue weighted by Crippen LogP contribution is -2.26. The van der Waals surface area contributed by atoms with Crippen LogP contribution in [-0.2, 0) is 9.59 Å². The molecule has 1 unspecified atom stereocenters. The van der Waals surface area contributed by atoms with Gasteiger partial charge in [0.1, 0.15) is 5.75 Å². The largest absolute Gasteiger partial charge is 0.573 e. The van der Waals surface area contributed by atoms with Crippen molar-refractivity contribution in [3.8, 4) is 5.75 Å². The molecule has 1 aromatic rings. The van der Waals surface area contributed by atoms with Gasteiger partial charge in [0, 0.05) is 19.0 Å². The molecule has 0 aromatic heterocycles. The first kappa shape index (κ1) is 14.9. The second-order valence-electron chi connectivity index (χ2n) is 4.51. The van der Waals surface area contributed by atoms with Crippen molar-refractivity contribution < 1.29 is 32.6 Å². The maximum Gasteiger partial charge on any atom is 0.573 e. The molecule has 0 saturated carbocycles. The average Bonchev–Trinajstić information content (AvgIpc) is 2.69. The molecule has 3 N–H and O–H groups in total. The minimum atomic E-state index is -4.84. The highest BCUT2D eigenvalue weighted by Gasteiger charge is 2.36. The third kappa shape index (κ3) is 3.36. The Labute approximate surface area is 116 Å². The number of carboxylic acid groups (broad SMARTS) is 1. The summed E-state index contributed by atoms with van der Waals surface area (Å²) in [7, 11) is 0. The van der Waals surface area contributed by atoms with Crippen molar-refractivity contribution in [1.82, 2.24) is 0 Å². The van der Waals surface area contributed by atoms with Crippen molar-refractivity contribution in [2.45, 2.75) is 12.8 Å². The highest BCUT2D eigenvalue weighted by atomic mass is 19.4. The van der Waals surface area contributed by atoms with Crippen molar-refractivity contribution >= 4 is 23.3 Å². The normalized spacial score (nSPS) is 18.9. The molecule has 1 heterocycles. The van der Waals surface area contributed by atoms with Crippen LogP contribution in [0.3, 0.4) is 0 Å². The van der Waals surface area contributed by atoms with Crippen molar-refractivity contribution in [3.05, 3.63) is 18.2 Å². The lowest BCUT2D eigenvalue weighted by Gasteiger charge is -2.19. The number of rotatable bonds is 3. The van der Waals surface area contributed by atoms with E-state index in [1.165, 1.54) is 6.07 Å². The lowest BCUT2D eigenvalue weighted by atomic mass is 10.1. The van der Waals surface area contributed by atoms with Crippen LogP contribution in [0.5, 0.6) is 5.75 Å². The molecule has 1 aliphatic heterocycles. The maximum atomic E-state index is 12.1. The van der Waals surface area contributed by atoms with Crippen LogP contribution in [0, 0.1) is 5.92 Å². The summed E-state index contributed by atoms with van der Waals surface area (Å²) in [5.74, 6) is -2.92. The Kier molecular flexibility index (Phi) is 3.67. The molecule has 1 atom stereocenters. The number of halogens is 3. The van der Waals surface area contributed by atoms with Crippen molar-refractivity contribution in [2.24, 2.45) is 5.92 Å². The molecule has 1 saturated heterocycles. The highest BCUT2D eigenvalue weighted by molar-refractivity contribution is 6.01. The van der Waals surface area contributed by atoms with Gasteiger partial charge in [0.2, 0.25) is 5.91 Å². The maximum absolute atomic E-state index is 12.1. The summed E-state index contributed by atoms with van der Waals surface area (Å²) >= 11 is 0. The van der Waals surface area contributed by atoms with Crippen LogP contribution in [0.1, 0.15) is 6.42 Å². The number of hydrogen-bond acceptors (Lipinski definition) is 4. The number of ether oxygens (including phenoxy) is 1. The highest BCUT2D eigenvalue weighted by Crippen LogP contribution is 2.34. The van der Waals surface area contributed by atoms with Gasteiger partial charge in [-0.25, -0.2) is 0 Å². The Morgan fingerprint density at radius 2 is 2.10 bits per heavy atom. The summed E-state index contributed by atoms with van der Waals surface area (Å²) in [6, 6.07) is 3.14. The summed E-state index contributed by atoms with van der Waals surface area (Å²) < 4.78 is 40.0. The van der Waals surface area contributed by atoms with Gasteiger partial charge < -0.3 is 20.5 Å². The number of aliphatic carboxylic acids is 1. The van der Waals surface area contributed by atoms with Crippen LogP contribution in [0.25, 0.3) is 0 Å². The molecule has 0 spiro atoms. The van der Waals surface area contributed by atoms with E-state index >= 15 is 0 Å². The van der Waals surface area contributed by atoms with Gasteiger partial charge in [0.05, 0.1) is 17.3 Å². The predicted octanol–water partition coefficient (Wildman–Crippen LogP) is 1.60.